The molecule has 1 amide bonds. The fourth-order valence-corrected chi connectivity index (χ4v) is 0.857. The summed E-state index contributed by atoms with van der Waals surface area (Å²) >= 11 is 0. The molecule has 0 aliphatic heterocycles. The molecular formula is C9H7F2NO3. The van der Waals surface area contributed by atoms with Gasteiger partial charge in [-0.2, -0.15) is 0 Å². The first-order chi connectivity index (χ1) is 7.04. The molecule has 0 heterocycles. The van der Waals surface area contributed by atoms with Crippen LogP contribution in [0.4, 0.5) is 14.5 Å². The highest BCUT2D eigenvalue weighted by Crippen LogP contribution is 2.14. The fourth-order valence-electron chi connectivity index (χ4n) is 0.857. The van der Waals surface area contributed by atoms with Gasteiger partial charge in [0.1, 0.15) is 11.6 Å². The van der Waals surface area contributed by atoms with E-state index in [4.69, 9.17) is 0 Å². The molecule has 1 aromatic rings. The average Bonchev–Trinajstić information content (AvgIpc) is 2.20. The SMILES string of the molecule is COC(=O)C(=O)Nc1ccc(F)cc1F. The molecule has 1 aromatic carbocycles. The molecule has 0 saturated carbocycles. The Kier molecular flexibility index (Phi) is 3.33. The normalized spacial score (nSPS) is 9.53. The van der Waals surface area contributed by atoms with Crippen molar-refractivity contribution in [2.75, 3.05) is 12.4 Å². The second kappa shape index (κ2) is 4.50. The zero-order chi connectivity index (χ0) is 11.4. The summed E-state index contributed by atoms with van der Waals surface area (Å²) < 4.78 is 29.5. The van der Waals surface area contributed by atoms with Crippen LogP contribution >= 0.6 is 0 Å². The van der Waals surface area contributed by atoms with Crippen molar-refractivity contribution < 1.29 is 23.1 Å². The first kappa shape index (κ1) is 11.1. The van der Waals surface area contributed by atoms with Crippen LogP contribution in [0.1, 0.15) is 0 Å². The molecule has 0 fully saturated rings. The Hall–Kier alpha value is -1.98. The van der Waals surface area contributed by atoms with Crippen LogP contribution in [-0.2, 0) is 14.3 Å². The molecule has 0 saturated heterocycles. The number of rotatable bonds is 1. The van der Waals surface area contributed by atoms with Crippen molar-refractivity contribution in [2.24, 2.45) is 0 Å². The molecule has 6 heteroatoms. The topological polar surface area (TPSA) is 55.4 Å². The van der Waals surface area contributed by atoms with Crippen molar-refractivity contribution in [3.63, 3.8) is 0 Å². The van der Waals surface area contributed by atoms with Gasteiger partial charge in [0, 0.05) is 6.07 Å². The van der Waals surface area contributed by atoms with Gasteiger partial charge in [-0.15, -0.1) is 0 Å². The highest BCUT2D eigenvalue weighted by Gasteiger charge is 2.15. The lowest BCUT2D eigenvalue weighted by atomic mass is 10.3. The van der Waals surface area contributed by atoms with Crippen LogP contribution in [0.3, 0.4) is 0 Å². The van der Waals surface area contributed by atoms with E-state index < -0.39 is 23.5 Å². The highest BCUT2D eigenvalue weighted by atomic mass is 19.1. The Morgan fingerprint density at radius 3 is 2.53 bits per heavy atom. The summed E-state index contributed by atoms with van der Waals surface area (Å²) in [6.07, 6.45) is 0. The predicted octanol–water partition coefficient (Wildman–Crippen LogP) is 1.08. The van der Waals surface area contributed by atoms with E-state index in [0.29, 0.717) is 6.07 Å². The summed E-state index contributed by atoms with van der Waals surface area (Å²) in [7, 11) is 1.02. The standard InChI is InChI=1S/C9H7F2NO3/c1-15-9(14)8(13)12-7-3-2-5(10)4-6(7)11/h2-4H,1H3,(H,12,13). The summed E-state index contributed by atoms with van der Waals surface area (Å²) in [6, 6.07) is 2.55. The number of methoxy groups -OCH3 is 1. The Morgan fingerprint density at radius 1 is 1.33 bits per heavy atom. The van der Waals surface area contributed by atoms with Gasteiger partial charge in [0.2, 0.25) is 0 Å². The first-order valence-electron chi connectivity index (χ1n) is 3.89. The van der Waals surface area contributed by atoms with Crippen molar-refractivity contribution in [3.8, 4) is 0 Å². The largest absolute Gasteiger partial charge is 0.462 e. The lowest BCUT2D eigenvalue weighted by molar-refractivity contribution is -0.150. The van der Waals surface area contributed by atoms with Gasteiger partial charge in [-0.1, -0.05) is 0 Å². The lowest BCUT2D eigenvalue weighted by Crippen LogP contribution is -2.24. The summed E-state index contributed by atoms with van der Waals surface area (Å²) in [4.78, 5) is 21.6. The quantitative estimate of drug-likeness (QED) is 0.563. The molecule has 4 nitrogen and oxygen atoms in total. The molecule has 0 radical (unpaired) electrons. The number of halogens is 2. The summed E-state index contributed by atoms with van der Waals surface area (Å²) in [5.41, 5.74) is -0.285. The van der Waals surface area contributed by atoms with Gasteiger partial charge in [-0.25, -0.2) is 13.6 Å². The van der Waals surface area contributed by atoms with Crippen molar-refractivity contribution >= 4 is 17.6 Å². The van der Waals surface area contributed by atoms with Crippen LogP contribution in [0.25, 0.3) is 0 Å². The molecule has 1 rings (SSSR count). The Labute approximate surface area is 83.8 Å². The number of amides is 1. The van der Waals surface area contributed by atoms with E-state index in [0.717, 1.165) is 19.2 Å². The second-order valence-corrected chi connectivity index (χ2v) is 2.57. The Bertz CT molecular complexity index is 406. The van der Waals surface area contributed by atoms with E-state index in [2.05, 4.69) is 4.74 Å². The third kappa shape index (κ3) is 2.73. The number of anilines is 1. The van der Waals surface area contributed by atoms with E-state index in [1.165, 1.54) is 0 Å². The fraction of sp³-hybridized carbons (Fsp3) is 0.111. The molecule has 0 aliphatic rings. The van der Waals surface area contributed by atoms with E-state index in [9.17, 15) is 18.4 Å². The van der Waals surface area contributed by atoms with Gasteiger partial charge < -0.3 is 10.1 Å². The number of esters is 1. The number of ether oxygens (including phenoxy) is 1. The molecule has 0 unspecified atom stereocenters. The minimum atomic E-state index is -1.15. The zero-order valence-electron chi connectivity index (χ0n) is 7.71. The van der Waals surface area contributed by atoms with Gasteiger partial charge in [0.15, 0.2) is 0 Å². The van der Waals surface area contributed by atoms with E-state index >= 15 is 0 Å². The lowest BCUT2D eigenvalue weighted by Gasteiger charge is -2.04. The van der Waals surface area contributed by atoms with Gasteiger partial charge in [0.05, 0.1) is 12.8 Å². The van der Waals surface area contributed by atoms with Gasteiger partial charge >= 0.3 is 11.9 Å². The summed E-state index contributed by atoms with van der Waals surface area (Å²) in [5, 5.41) is 1.93. The Morgan fingerprint density at radius 2 is 2.00 bits per heavy atom. The zero-order valence-corrected chi connectivity index (χ0v) is 7.71. The second-order valence-electron chi connectivity index (χ2n) is 2.57. The third-order valence-corrected chi connectivity index (χ3v) is 1.55. The minimum Gasteiger partial charge on any atom is -0.462 e. The minimum absolute atomic E-state index is 0.285. The number of hydrogen-bond acceptors (Lipinski definition) is 3. The molecule has 80 valence electrons. The third-order valence-electron chi connectivity index (χ3n) is 1.55. The number of carbonyl (C=O) groups is 2. The molecule has 1 N–H and O–H groups in total. The van der Waals surface area contributed by atoms with Crippen LogP contribution in [0.15, 0.2) is 18.2 Å². The predicted molar refractivity (Wildman–Crippen MR) is 47.0 cm³/mol. The maximum Gasteiger partial charge on any atom is 0.396 e. The molecule has 0 aromatic heterocycles. The van der Waals surface area contributed by atoms with Gasteiger partial charge in [-0.05, 0) is 12.1 Å². The first-order valence-corrected chi connectivity index (χ1v) is 3.89. The van der Waals surface area contributed by atoms with Crippen LogP contribution < -0.4 is 5.32 Å². The van der Waals surface area contributed by atoms with Gasteiger partial charge in [0.25, 0.3) is 0 Å². The number of hydrogen-bond donors (Lipinski definition) is 1. The molecule has 0 atom stereocenters. The van der Waals surface area contributed by atoms with E-state index in [-0.39, 0.29) is 5.69 Å². The molecule has 15 heavy (non-hydrogen) atoms. The maximum absolute atomic E-state index is 13.0. The van der Waals surface area contributed by atoms with Crippen LogP contribution in [-0.4, -0.2) is 19.0 Å². The maximum atomic E-state index is 13.0. The van der Waals surface area contributed by atoms with Crippen molar-refractivity contribution in [3.05, 3.63) is 29.8 Å². The van der Waals surface area contributed by atoms with E-state index in [1.54, 1.807) is 0 Å². The van der Waals surface area contributed by atoms with Crippen LogP contribution in [0.2, 0.25) is 0 Å². The van der Waals surface area contributed by atoms with Gasteiger partial charge in [-0.3, -0.25) is 4.79 Å². The smallest absolute Gasteiger partial charge is 0.396 e. The van der Waals surface area contributed by atoms with Crippen molar-refractivity contribution in [2.45, 2.75) is 0 Å². The highest BCUT2D eigenvalue weighted by molar-refractivity contribution is 6.37. The van der Waals surface area contributed by atoms with Crippen LogP contribution in [0.5, 0.6) is 0 Å². The molecule has 0 bridgehead atoms. The number of carbonyl (C=O) groups excluding carboxylic acids is 2. The Balaban J connectivity index is 2.81. The van der Waals surface area contributed by atoms with Crippen molar-refractivity contribution in [1.82, 2.24) is 0 Å². The van der Waals surface area contributed by atoms with Crippen LogP contribution in [0, 0.1) is 11.6 Å². The molecule has 0 aliphatic carbocycles. The molecule has 0 spiro atoms. The number of nitrogens with one attached hydrogen (secondary N) is 1. The average molecular weight is 215 g/mol. The molecular weight excluding hydrogens is 208 g/mol. The monoisotopic (exact) mass is 215 g/mol. The van der Waals surface area contributed by atoms with E-state index in [1.807, 2.05) is 5.32 Å². The number of benzene rings is 1. The summed E-state index contributed by atoms with van der Waals surface area (Å²) in [5.74, 6) is -4.02. The summed E-state index contributed by atoms with van der Waals surface area (Å²) in [6.45, 7) is 0. The van der Waals surface area contributed by atoms with Crippen molar-refractivity contribution in [1.29, 1.82) is 0 Å².